The minimum Gasteiger partial charge on any atom is -0.467 e. The van der Waals surface area contributed by atoms with Crippen molar-refractivity contribution in [1.82, 2.24) is 0 Å². The second-order valence-electron chi connectivity index (χ2n) is 6.57. The maximum Gasteiger partial charge on any atom is 0.188 e. The molecule has 0 amide bonds. The van der Waals surface area contributed by atoms with Crippen molar-refractivity contribution in [1.29, 1.82) is 0 Å². The van der Waals surface area contributed by atoms with Crippen molar-refractivity contribution < 1.29 is 14.3 Å². The highest BCUT2D eigenvalue weighted by Gasteiger charge is 2.33. The Balaban J connectivity index is 2.54. The van der Waals surface area contributed by atoms with E-state index in [1.54, 1.807) is 14.0 Å². The molecule has 26 heavy (non-hydrogen) atoms. The van der Waals surface area contributed by atoms with E-state index >= 15 is 0 Å². The topological polar surface area (TPSA) is 35.5 Å². The molecular weight excluding hydrogens is 343 g/mol. The van der Waals surface area contributed by atoms with Crippen molar-refractivity contribution in [3.05, 3.63) is 59.2 Å². The van der Waals surface area contributed by atoms with Crippen LogP contribution in [0, 0.1) is 6.92 Å². The molecule has 0 N–H and O–H groups in total. The summed E-state index contributed by atoms with van der Waals surface area (Å²) in [6.45, 7) is 8.41. The fourth-order valence-electron chi connectivity index (χ4n) is 3.30. The van der Waals surface area contributed by atoms with Crippen LogP contribution in [0.4, 0.5) is 0 Å². The second kappa shape index (κ2) is 9.30. The lowest BCUT2D eigenvalue weighted by molar-refractivity contribution is 0.0499. The number of Topliss-reactive ketones (excluding diaryl/α,β-unsaturated/α-hetero) is 1. The third kappa shape index (κ3) is 4.52. The van der Waals surface area contributed by atoms with Crippen molar-refractivity contribution in [3.8, 4) is 5.75 Å². The summed E-state index contributed by atoms with van der Waals surface area (Å²) in [7, 11) is 2.12. The zero-order chi connectivity index (χ0) is 19.2. The lowest BCUT2D eigenvalue weighted by atomic mass is 9.90. The molecule has 4 heteroatoms. The Morgan fingerprint density at radius 2 is 1.81 bits per heavy atom. The number of aryl methyl sites for hydroxylation is 1. The summed E-state index contributed by atoms with van der Waals surface area (Å²) in [6, 6.07) is 14.3. The number of carbonyl (C=O) groups is 1. The summed E-state index contributed by atoms with van der Waals surface area (Å²) in [4.78, 5) is 12.1. The summed E-state index contributed by atoms with van der Waals surface area (Å²) in [5.41, 5.74) is 3.24. The van der Waals surface area contributed by atoms with Gasteiger partial charge in [-0.2, -0.15) is 0 Å². The van der Waals surface area contributed by atoms with Crippen LogP contribution in [-0.2, 0) is 9.89 Å². The average molecular weight is 372 g/mol. The first-order valence-corrected chi connectivity index (χ1v) is 10.1. The lowest BCUT2D eigenvalue weighted by Crippen LogP contribution is -2.25. The van der Waals surface area contributed by atoms with Gasteiger partial charge in [0.25, 0.3) is 0 Å². The zero-order valence-corrected chi connectivity index (χ0v) is 17.4. The number of hydrogen-bond acceptors (Lipinski definition) is 3. The summed E-state index contributed by atoms with van der Waals surface area (Å²) in [6.07, 6.45) is 1.95. The van der Waals surface area contributed by atoms with E-state index in [4.69, 9.17) is 9.47 Å². The Labute approximate surface area is 158 Å². The van der Waals surface area contributed by atoms with Gasteiger partial charge in [-0.15, -0.1) is 0 Å². The maximum absolute atomic E-state index is 12.1. The summed E-state index contributed by atoms with van der Waals surface area (Å²) >= 11 is 0. The zero-order valence-electron chi connectivity index (χ0n) is 16.4. The van der Waals surface area contributed by atoms with Crippen LogP contribution in [0.25, 0.3) is 0 Å². The van der Waals surface area contributed by atoms with Gasteiger partial charge in [-0.3, -0.25) is 4.79 Å². The third-order valence-corrected chi connectivity index (χ3v) is 7.03. The fraction of sp³-hybridized carbons (Fsp3) is 0.409. The van der Waals surface area contributed by atoms with Crippen molar-refractivity contribution >= 4 is 19.7 Å². The molecule has 140 valence electrons. The highest BCUT2D eigenvalue weighted by Crippen LogP contribution is 2.50. The monoisotopic (exact) mass is 372 g/mol. The smallest absolute Gasteiger partial charge is 0.188 e. The molecule has 0 spiro atoms. The number of ketones is 1. The number of methoxy groups -OCH3 is 1. The van der Waals surface area contributed by atoms with Crippen LogP contribution in [0.1, 0.15) is 55.1 Å². The molecule has 0 aliphatic heterocycles. The van der Waals surface area contributed by atoms with Crippen LogP contribution in [0.15, 0.2) is 42.5 Å². The number of benzene rings is 2. The van der Waals surface area contributed by atoms with Gasteiger partial charge in [0.1, 0.15) is 5.75 Å². The SMILES string of the molecule is CCC(CC)(Pc1ccccc1C(C)=O)c1cc(C)ccc1OCOC. The van der Waals surface area contributed by atoms with Gasteiger partial charge in [0.15, 0.2) is 12.6 Å². The van der Waals surface area contributed by atoms with Gasteiger partial charge in [-0.05, 0) is 38.1 Å². The largest absolute Gasteiger partial charge is 0.467 e. The van der Waals surface area contributed by atoms with E-state index in [0.29, 0.717) is 8.58 Å². The van der Waals surface area contributed by atoms with Crippen LogP contribution in [0.2, 0.25) is 0 Å². The molecule has 0 saturated carbocycles. The molecule has 1 unspecified atom stereocenters. The Morgan fingerprint density at radius 1 is 1.12 bits per heavy atom. The Morgan fingerprint density at radius 3 is 2.42 bits per heavy atom. The van der Waals surface area contributed by atoms with Crippen molar-refractivity contribution in [2.75, 3.05) is 13.9 Å². The maximum atomic E-state index is 12.1. The van der Waals surface area contributed by atoms with Gasteiger partial charge in [0, 0.05) is 23.4 Å². The molecule has 1 atom stereocenters. The van der Waals surface area contributed by atoms with E-state index < -0.39 is 0 Å². The minimum absolute atomic E-state index is 0.0688. The first-order chi connectivity index (χ1) is 12.5. The van der Waals surface area contributed by atoms with Crippen LogP contribution in [-0.4, -0.2) is 19.7 Å². The minimum atomic E-state index is -0.0688. The van der Waals surface area contributed by atoms with Crippen molar-refractivity contribution in [2.24, 2.45) is 0 Å². The Kier molecular flexibility index (Phi) is 7.37. The molecule has 0 fully saturated rings. The highest BCUT2D eigenvalue weighted by molar-refractivity contribution is 7.48. The van der Waals surface area contributed by atoms with E-state index in [1.165, 1.54) is 11.1 Å². The molecule has 2 aromatic rings. The van der Waals surface area contributed by atoms with Gasteiger partial charge in [-0.1, -0.05) is 64.4 Å². The molecule has 0 aromatic heterocycles. The molecular formula is C22H29O3P. The molecule has 0 radical (unpaired) electrons. The predicted octanol–water partition coefficient (Wildman–Crippen LogP) is 5.20. The third-order valence-electron chi connectivity index (χ3n) is 4.87. The second-order valence-corrected chi connectivity index (χ2v) is 8.31. The lowest BCUT2D eigenvalue weighted by Gasteiger charge is -2.35. The standard InChI is InChI=1S/C22H29O3P/c1-6-22(7-2,26-21-11-9-8-10-18(21)17(4)23)19-14-16(3)12-13-20(19)25-15-24-5/h8-14,26H,6-7,15H2,1-5H3. The van der Waals surface area contributed by atoms with Crippen molar-refractivity contribution in [2.45, 2.75) is 45.7 Å². The fourth-order valence-corrected chi connectivity index (χ4v) is 5.07. The summed E-state index contributed by atoms with van der Waals surface area (Å²) in [5.74, 6) is 0.989. The van der Waals surface area contributed by atoms with Gasteiger partial charge >= 0.3 is 0 Å². The van der Waals surface area contributed by atoms with Crippen LogP contribution >= 0.6 is 8.58 Å². The normalized spacial score (nSPS) is 11.9. The number of rotatable bonds is 9. The first kappa shape index (κ1) is 20.6. The van der Waals surface area contributed by atoms with E-state index in [2.05, 4.69) is 39.0 Å². The molecule has 0 heterocycles. The predicted molar refractivity (Wildman–Crippen MR) is 110 cm³/mol. The molecule has 0 aliphatic rings. The number of carbonyl (C=O) groups excluding carboxylic acids is 1. The Hall–Kier alpha value is -1.70. The van der Waals surface area contributed by atoms with Gasteiger partial charge < -0.3 is 9.47 Å². The summed E-state index contributed by atoms with van der Waals surface area (Å²) in [5, 5.41) is 1.06. The Bertz CT molecular complexity index is 751. The van der Waals surface area contributed by atoms with E-state index in [0.717, 1.165) is 29.5 Å². The van der Waals surface area contributed by atoms with Crippen LogP contribution < -0.4 is 10.0 Å². The molecule has 2 rings (SSSR count). The van der Waals surface area contributed by atoms with Gasteiger partial charge in [-0.25, -0.2) is 0 Å². The van der Waals surface area contributed by atoms with Gasteiger partial charge in [0.05, 0.1) is 0 Å². The van der Waals surface area contributed by atoms with Crippen molar-refractivity contribution in [3.63, 3.8) is 0 Å². The van der Waals surface area contributed by atoms with E-state index in [1.807, 2.05) is 24.3 Å². The molecule has 0 saturated heterocycles. The molecule has 0 bridgehead atoms. The number of hydrogen-bond donors (Lipinski definition) is 0. The quantitative estimate of drug-likeness (QED) is 0.345. The average Bonchev–Trinajstić information content (AvgIpc) is 2.65. The first-order valence-electron chi connectivity index (χ1n) is 9.08. The number of ether oxygens (including phenoxy) is 2. The van der Waals surface area contributed by atoms with Crippen LogP contribution in [0.3, 0.4) is 0 Å². The molecule has 0 aliphatic carbocycles. The molecule has 3 nitrogen and oxygen atoms in total. The molecule has 2 aromatic carbocycles. The van der Waals surface area contributed by atoms with Gasteiger partial charge in [0.2, 0.25) is 0 Å². The van der Waals surface area contributed by atoms with E-state index in [-0.39, 0.29) is 17.7 Å². The van der Waals surface area contributed by atoms with E-state index in [9.17, 15) is 4.79 Å². The van der Waals surface area contributed by atoms with Crippen LogP contribution in [0.5, 0.6) is 5.75 Å². The highest BCUT2D eigenvalue weighted by atomic mass is 31.1. The summed E-state index contributed by atoms with van der Waals surface area (Å²) < 4.78 is 11.0.